The Morgan fingerprint density at radius 2 is 1.69 bits per heavy atom. The van der Waals surface area contributed by atoms with Crippen molar-refractivity contribution in [3.63, 3.8) is 0 Å². The Hall–Kier alpha value is -4.62. The van der Waals surface area contributed by atoms with E-state index in [4.69, 9.17) is 10.5 Å². The van der Waals surface area contributed by atoms with Crippen LogP contribution in [0.3, 0.4) is 0 Å². The number of nitrogens with zero attached hydrogens (tertiary/aromatic N) is 1. The molecule has 45 heavy (non-hydrogen) atoms. The Bertz CT molecular complexity index is 1520. The molecule has 5 rings (SSSR count). The number of nitrogens with one attached hydrogen (secondary N) is 5. The van der Waals surface area contributed by atoms with E-state index in [0.29, 0.717) is 48.0 Å². The topological polar surface area (TPSA) is 142 Å². The fourth-order valence-electron chi connectivity index (χ4n) is 5.63. The van der Waals surface area contributed by atoms with Gasteiger partial charge in [-0.3, -0.25) is 15.0 Å². The molecule has 10 nitrogen and oxygen atoms in total. The van der Waals surface area contributed by atoms with Crippen LogP contribution in [0.5, 0.6) is 5.75 Å². The molecule has 2 aliphatic rings. The number of anilines is 1. The molecule has 13 heteroatoms. The molecule has 1 heterocycles. The third-order valence-corrected chi connectivity index (χ3v) is 8.25. The Morgan fingerprint density at radius 1 is 1.00 bits per heavy atom. The van der Waals surface area contributed by atoms with Gasteiger partial charge in [-0.1, -0.05) is 30.3 Å². The van der Waals surface area contributed by atoms with E-state index >= 15 is 0 Å². The molecule has 1 atom stereocenters. The van der Waals surface area contributed by atoms with Crippen LogP contribution in [-0.4, -0.2) is 37.3 Å². The number of rotatable bonds is 10. The average molecular weight is 624 g/mol. The zero-order valence-corrected chi connectivity index (χ0v) is 24.7. The summed E-state index contributed by atoms with van der Waals surface area (Å²) in [7, 11) is 1.31. The van der Waals surface area contributed by atoms with Gasteiger partial charge < -0.3 is 21.1 Å². The second-order valence-corrected chi connectivity index (χ2v) is 11.2. The minimum Gasteiger partial charge on any atom is -0.497 e. The quantitative estimate of drug-likeness (QED) is 0.200. The molecule has 7 N–H and O–H groups in total. The molecule has 1 saturated carbocycles. The normalized spacial score (nSPS) is 18.6. The van der Waals surface area contributed by atoms with Crippen LogP contribution in [0, 0.1) is 11.8 Å². The first-order chi connectivity index (χ1) is 21.6. The number of carbonyl (C=O) groups is 2. The molecule has 0 spiro atoms. The monoisotopic (exact) mass is 623 g/mol. The van der Waals surface area contributed by atoms with Crippen LogP contribution < -0.4 is 37.6 Å². The first-order valence-electron chi connectivity index (χ1n) is 14.7. The Balaban J connectivity index is 1.33. The summed E-state index contributed by atoms with van der Waals surface area (Å²) in [6, 6.07) is 16.4. The third-order valence-electron chi connectivity index (χ3n) is 8.25. The van der Waals surface area contributed by atoms with Crippen molar-refractivity contribution in [1.82, 2.24) is 21.8 Å². The van der Waals surface area contributed by atoms with Gasteiger partial charge in [0.1, 0.15) is 11.8 Å². The fourth-order valence-corrected chi connectivity index (χ4v) is 5.63. The highest BCUT2D eigenvalue weighted by Gasteiger charge is 2.34. The molecular formula is C32H36F3N7O3. The van der Waals surface area contributed by atoms with Crippen LogP contribution in [0.1, 0.15) is 42.4 Å². The minimum atomic E-state index is -4.58. The lowest BCUT2D eigenvalue weighted by Gasteiger charge is -2.28. The van der Waals surface area contributed by atoms with Gasteiger partial charge in [-0.25, -0.2) is 5.53 Å². The van der Waals surface area contributed by atoms with E-state index < -0.39 is 23.7 Å². The summed E-state index contributed by atoms with van der Waals surface area (Å²) in [5.41, 5.74) is 15.5. The lowest BCUT2D eigenvalue weighted by molar-refractivity contribution is -0.137. The van der Waals surface area contributed by atoms with Gasteiger partial charge in [0.05, 0.1) is 12.7 Å². The summed E-state index contributed by atoms with van der Waals surface area (Å²) in [6.07, 6.45) is -1.33. The molecule has 3 aromatic rings. The smallest absolute Gasteiger partial charge is 0.417 e. The van der Waals surface area contributed by atoms with Gasteiger partial charge in [-0.15, -0.1) is 10.6 Å². The number of benzene rings is 3. The maximum atomic E-state index is 13.8. The molecule has 2 amide bonds. The number of amidine groups is 1. The van der Waals surface area contributed by atoms with Crippen LogP contribution in [0.25, 0.3) is 11.1 Å². The molecule has 0 aromatic heterocycles. The van der Waals surface area contributed by atoms with Crippen molar-refractivity contribution >= 4 is 23.3 Å². The maximum absolute atomic E-state index is 13.8. The minimum absolute atomic E-state index is 0.0132. The number of hydrazone groups is 1. The summed E-state index contributed by atoms with van der Waals surface area (Å²) < 4.78 is 46.5. The Morgan fingerprint density at radius 3 is 2.29 bits per heavy atom. The number of halogens is 3. The fraction of sp³-hybridized carbons (Fsp3) is 0.344. The molecule has 0 unspecified atom stereocenters. The molecule has 0 radical (unpaired) electrons. The zero-order valence-electron chi connectivity index (χ0n) is 24.7. The molecule has 1 aliphatic carbocycles. The second-order valence-electron chi connectivity index (χ2n) is 11.2. The molecule has 1 aliphatic heterocycles. The standard InChI is InChI=1S/C32H36F3N7O3/c1-45-25-14-15-26(27(17-25)32(33,34)35)21-6-2-19(3-7-21)16-28(38-30(43)23-8-4-20(18-36)5-9-23)31(44)37-24-12-10-22(11-13-24)29-39-41-42-40-29/h2-3,6-7,10-15,17,20,23,28,41-42H,4-5,8-9,16,18,36H2,1H3,(H,37,44)(H,38,43)(H,39,40)/t20?,23?,28-/m0/s1. The summed E-state index contributed by atoms with van der Waals surface area (Å²) >= 11 is 0. The Kier molecular flexibility index (Phi) is 9.89. The number of hydrogen-bond donors (Lipinski definition) is 6. The number of hydrogen-bond acceptors (Lipinski definition) is 8. The molecule has 0 saturated heterocycles. The molecule has 3 aromatic carbocycles. The van der Waals surface area contributed by atoms with E-state index in [1.54, 1.807) is 48.5 Å². The summed E-state index contributed by atoms with van der Waals surface area (Å²) in [5, 5.41) is 9.87. The van der Waals surface area contributed by atoms with Crippen molar-refractivity contribution in [2.75, 3.05) is 19.0 Å². The number of hydrazine groups is 2. The highest BCUT2D eigenvalue weighted by atomic mass is 19.4. The summed E-state index contributed by atoms with van der Waals surface area (Å²) in [6.45, 7) is 0.589. The van der Waals surface area contributed by atoms with Gasteiger partial charge in [0.25, 0.3) is 0 Å². The van der Waals surface area contributed by atoms with E-state index in [9.17, 15) is 22.8 Å². The van der Waals surface area contributed by atoms with Crippen molar-refractivity contribution < 1.29 is 27.5 Å². The number of alkyl halides is 3. The molecule has 1 fully saturated rings. The third kappa shape index (κ3) is 7.91. The van der Waals surface area contributed by atoms with Crippen LogP contribution >= 0.6 is 0 Å². The largest absolute Gasteiger partial charge is 0.497 e. The van der Waals surface area contributed by atoms with E-state index in [2.05, 4.69) is 32.2 Å². The summed E-state index contributed by atoms with van der Waals surface area (Å²) in [5.74, 6) is 0.262. The van der Waals surface area contributed by atoms with Crippen molar-refractivity contribution in [2.45, 2.75) is 44.3 Å². The average Bonchev–Trinajstić information content (AvgIpc) is 3.60. The predicted octanol–water partition coefficient (Wildman–Crippen LogP) is 4.09. The second kappa shape index (κ2) is 14.0. The number of carbonyl (C=O) groups excluding carboxylic acids is 2. The number of methoxy groups -OCH3 is 1. The summed E-state index contributed by atoms with van der Waals surface area (Å²) in [4.78, 5) is 26.8. The first-order valence-corrected chi connectivity index (χ1v) is 14.7. The number of amides is 2. The van der Waals surface area contributed by atoms with Gasteiger partial charge in [-0.2, -0.15) is 13.2 Å². The van der Waals surface area contributed by atoms with E-state index in [1.165, 1.54) is 19.2 Å². The lowest BCUT2D eigenvalue weighted by atomic mass is 9.81. The molecule has 0 bridgehead atoms. The maximum Gasteiger partial charge on any atom is 0.417 e. The Labute approximate surface area is 258 Å². The van der Waals surface area contributed by atoms with Crippen LogP contribution in [0.2, 0.25) is 0 Å². The zero-order chi connectivity index (χ0) is 32.0. The van der Waals surface area contributed by atoms with Crippen LogP contribution in [0.15, 0.2) is 71.8 Å². The predicted molar refractivity (Wildman–Crippen MR) is 165 cm³/mol. The number of ether oxygens (including phenoxy) is 1. The van der Waals surface area contributed by atoms with E-state index in [0.717, 1.165) is 24.5 Å². The first kappa shape index (κ1) is 31.8. The van der Waals surface area contributed by atoms with Gasteiger partial charge in [0.2, 0.25) is 11.8 Å². The molecule has 238 valence electrons. The van der Waals surface area contributed by atoms with Gasteiger partial charge >= 0.3 is 6.18 Å². The number of nitrogens with two attached hydrogens (primary N) is 1. The van der Waals surface area contributed by atoms with Gasteiger partial charge in [0, 0.05) is 23.6 Å². The van der Waals surface area contributed by atoms with Crippen LogP contribution in [0.4, 0.5) is 18.9 Å². The SMILES string of the molecule is COc1ccc(-c2ccc(C[C@H](NC(=O)C3CCC(CN)CC3)C(=O)Nc3ccc(C4=NNNN4)cc3)cc2)c(C(F)(F)F)c1. The highest BCUT2D eigenvalue weighted by molar-refractivity contribution is 6.00. The lowest BCUT2D eigenvalue weighted by Crippen LogP contribution is -2.48. The van der Waals surface area contributed by atoms with Gasteiger partial charge in [0.15, 0.2) is 5.84 Å². The van der Waals surface area contributed by atoms with Crippen molar-refractivity contribution in [1.29, 1.82) is 0 Å². The highest BCUT2D eigenvalue weighted by Crippen LogP contribution is 2.39. The van der Waals surface area contributed by atoms with Crippen LogP contribution in [-0.2, 0) is 22.2 Å². The van der Waals surface area contributed by atoms with E-state index in [1.807, 2.05) is 0 Å². The van der Waals surface area contributed by atoms with Crippen molar-refractivity contribution in [2.24, 2.45) is 22.7 Å². The van der Waals surface area contributed by atoms with Crippen molar-refractivity contribution in [3.05, 3.63) is 83.4 Å². The van der Waals surface area contributed by atoms with Gasteiger partial charge in [-0.05, 0) is 91.2 Å². The van der Waals surface area contributed by atoms with Crippen molar-refractivity contribution in [3.8, 4) is 16.9 Å². The van der Waals surface area contributed by atoms with E-state index in [-0.39, 0.29) is 29.6 Å². The molecular weight excluding hydrogens is 587 g/mol.